The largest absolute Gasteiger partial charge is 0.324 e. The summed E-state index contributed by atoms with van der Waals surface area (Å²) < 4.78 is 1.39. The first kappa shape index (κ1) is 11.0. The van der Waals surface area contributed by atoms with E-state index in [1.54, 1.807) is 0 Å². The van der Waals surface area contributed by atoms with Gasteiger partial charge in [-0.2, -0.15) is 0 Å². The molecule has 0 bridgehead atoms. The molecule has 1 aromatic heterocycles. The minimum atomic E-state index is 0.281. The highest BCUT2D eigenvalue weighted by Crippen LogP contribution is 2.29. The Balaban J connectivity index is 1.90. The van der Waals surface area contributed by atoms with Crippen LogP contribution in [0.4, 0.5) is 0 Å². The lowest BCUT2D eigenvalue weighted by atomic mass is 9.92. The van der Waals surface area contributed by atoms with Crippen molar-refractivity contribution < 1.29 is 0 Å². The number of allylic oxidation sites excluding steroid dienone is 1. The first-order chi connectivity index (χ1) is 8.33. The Labute approximate surface area is 106 Å². The molecule has 0 fully saturated rings. The van der Waals surface area contributed by atoms with Gasteiger partial charge < -0.3 is 5.73 Å². The van der Waals surface area contributed by atoms with Crippen LogP contribution >= 0.6 is 11.3 Å². The maximum absolute atomic E-state index is 5.99. The van der Waals surface area contributed by atoms with Gasteiger partial charge in [-0.3, -0.25) is 0 Å². The van der Waals surface area contributed by atoms with Crippen molar-refractivity contribution in [2.24, 2.45) is 5.73 Å². The fourth-order valence-corrected chi connectivity index (χ4v) is 3.56. The topological polar surface area (TPSA) is 26.0 Å². The standard InChI is InChI=1S/C15H17NS/c16-13-5-3-4-11(9-13)8-12-10-17-15-7-2-1-6-14(12)15/h1-2,6-7,9-10,13H,3-5,8,16H2. The average molecular weight is 243 g/mol. The van der Waals surface area contributed by atoms with Crippen LogP contribution < -0.4 is 5.73 Å². The molecule has 0 aliphatic heterocycles. The molecule has 0 amide bonds. The van der Waals surface area contributed by atoms with Gasteiger partial charge in [0, 0.05) is 10.7 Å². The van der Waals surface area contributed by atoms with E-state index in [1.807, 2.05) is 11.3 Å². The summed E-state index contributed by atoms with van der Waals surface area (Å²) in [7, 11) is 0. The molecule has 1 heterocycles. The number of nitrogens with two attached hydrogens (primary N) is 1. The van der Waals surface area contributed by atoms with Crippen LogP contribution in [-0.4, -0.2) is 6.04 Å². The second kappa shape index (κ2) is 4.63. The van der Waals surface area contributed by atoms with Gasteiger partial charge >= 0.3 is 0 Å². The molecule has 1 nitrogen and oxygen atoms in total. The van der Waals surface area contributed by atoms with Crippen LogP contribution in [0.15, 0.2) is 41.3 Å². The molecule has 0 saturated heterocycles. The third kappa shape index (κ3) is 2.28. The summed E-state index contributed by atoms with van der Waals surface area (Å²) in [6.45, 7) is 0. The van der Waals surface area contributed by atoms with Crippen LogP contribution in [0.2, 0.25) is 0 Å². The first-order valence-corrected chi connectivity index (χ1v) is 7.11. The van der Waals surface area contributed by atoms with Gasteiger partial charge in [-0.05, 0) is 48.1 Å². The zero-order valence-electron chi connectivity index (χ0n) is 9.86. The third-order valence-electron chi connectivity index (χ3n) is 3.46. The van der Waals surface area contributed by atoms with Crippen molar-refractivity contribution in [3.63, 3.8) is 0 Å². The molecule has 1 atom stereocenters. The van der Waals surface area contributed by atoms with Crippen LogP contribution in [0.3, 0.4) is 0 Å². The SMILES string of the molecule is NC1C=C(Cc2csc3ccccc23)CCC1. The van der Waals surface area contributed by atoms with Crippen molar-refractivity contribution in [2.75, 3.05) is 0 Å². The Morgan fingerprint density at radius 1 is 1.29 bits per heavy atom. The van der Waals surface area contributed by atoms with Crippen LogP contribution in [0.25, 0.3) is 10.1 Å². The van der Waals surface area contributed by atoms with Crippen molar-refractivity contribution in [3.05, 3.63) is 46.9 Å². The van der Waals surface area contributed by atoms with Gasteiger partial charge in [0.25, 0.3) is 0 Å². The van der Waals surface area contributed by atoms with E-state index >= 15 is 0 Å². The molecule has 0 spiro atoms. The molecule has 88 valence electrons. The molecule has 2 aromatic rings. The highest BCUT2D eigenvalue weighted by molar-refractivity contribution is 7.17. The average Bonchev–Trinajstić information content (AvgIpc) is 2.73. The molecule has 17 heavy (non-hydrogen) atoms. The van der Waals surface area contributed by atoms with E-state index in [0.717, 1.165) is 12.8 Å². The monoisotopic (exact) mass is 243 g/mol. The summed E-state index contributed by atoms with van der Waals surface area (Å²) in [6, 6.07) is 8.94. The van der Waals surface area contributed by atoms with Crippen molar-refractivity contribution in [2.45, 2.75) is 31.7 Å². The molecule has 3 rings (SSSR count). The van der Waals surface area contributed by atoms with Gasteiger partial charge in [0.2, 0.25) is 0 Å². The maximum atomic E-state index is 5.99. The molecule has 2 heteroatoms. The van der Waals surface area contributed by atoms with Gasteiger partial charge in [0.15, 0.2) is 0 Å². The maximum Gasteiger partial charge on any atom is 0.0345 e. The van der Waals surface area contributed by atoms with E-state index in [9.17, 15) is 0 Å². The number of hydrogen-bond donors (Lipinski definition) is 1. The second-order valence-corrected chi connectivity index (χ2v) is 5.73. The molecule has 1 unspecified atom stereocenters. The molecule has 0 saturated carbocycles. The van der Waals surface area contributed by atoms with Crippen molar-refractivity contribution >= 4 is 21.4 Å². The number of rotatable bonds is 2. The lowest BCUT2D eigenvalue weighted by Crippen LogP contribution is -2.20. The molecule has 1 aliphatic rings. The van der Waals surface area contributed by atoms with Crippen LogP contribution in [-0.2, 0) is 6.42 Å². The summed E-state index contributed by atoms with van der Waals surface area (Å²) in [5, 5.41) is 3.71. The first-order valence-electron chi connectivity index (χ1n) is 6.23. The van der Waals surface area contributed by atoms with E-state index < -0.39 is 0 Å². The summed E-state index contributed by atoms with van der Waals surface area (Å²) >= 11 is 1.84. The minimum absolute atomic E-state index is 0.281. The molecule has 1 aromatic carbocycles. The zero-order chi connectivity index (χ0) is 11.7. The predicted molar refractivity (Wildman–Crippen MR) is 75.4 cm³/mol. The Morgan fingerprint density at radius 2 is 2.18 bits per heavy atom. The minimum Gasteiger partial charge on any atom is -0.324 e. The molecule has 2 N–H and O–H groups in total. The number of benzene rings is 1. The lowest BCUT2D eigenvalue weighted by molar-refractivity contribution is 0.618. The smallest absolute Gasteiger partial charge is 0.0345 e. The number of hydrogen-bond acceptors (Lipinski definition) is 2. The quantitative estimate of drug-likeness (QED) is 0.796. The zero-order valence-corrected chi connectivity index (χ0v) is 10.7. The van der Waals surface area contributed by atoms with Gasteiger partial charge in [-0.15, -0.1) is 11.3 Å². The molecular formula is C15H17NS. The summed E-state index contributed by atoms with van der Waals surface area (Å²) in [5.74, 6) is 0. The van der Waals surface area contributed by atoms with Crippen LogP contribution in [0.1, 0.15) is 24.8 Å². The Morgan fingerprint density at radius 3 is 3.06 bits per heavy atom. The third-order valence-corrected chi connectivity index (χ3v) is 4.48. The van der Waals surface area contributed by atoms with Gasteiger partial charge in [0.1, 0.15) is 0 Å². The summed E-state index contributed by atoms with van der Waals surface area (Å²) in [5.41, 5.74) is 8.98. The fourth-order valence-electron chi connectivity index (χ4n) is 2.60. The summed E-state index contributed by atoms with van der Waals surface area (Å²) in [4.78, 5) is 0. The van der Waals surface area contributed by atoms with E-state index in [4.69, 9.17) is 5.73 Å². The lowest BCUT2D eigenvalue weighted by Gasteiger charge is -2.17. The predicted octanol–water partition coefficient (Wildman–Crippen LogP) is 3.88. The molecular weight excluding hydrogens is 226 g/mol. The number of thiophene rings is 1. The van der Waals surface area contributed by atoms with Gasteiger partial charge in [0.05, 0.1) is 0 Å². The highest BCUT2D eigenvalue weighted by atomic mass is 32.1. The number of fused-ring (bicyclic) bond motifs is 1. The Kier molecular flexibility index (Phi) is 3.00. The fraction of sp³-hybridized carbons (Fsp3) is 0.333. The van der Waals surface area contributed by atoms with E-state index in [0.29, 0.717) is 0 Å². The Hall–Kier alpha value is -1.12. The van der Waals surface area contributed by atoms with E-state index in [1.165, 1.54) is 34.1 Å². The second-order valence-electron chi connectivity index (χ2n) is 4.81. The normalized spacial score (nSPS) is 20.5. The van der Waals surface area contributed by atoms with E-state index in [-0.39, 0.29) is 6.04 Å². The van der Waals surface area contributed by atoms with Crippen LogP contribution in [0.5, 0.6) is 0 Å². The van der Waals surface area contributed by atoms with Crippen molar-refractivity contribution in [1.29, 1.82) is 0 Å². The Bertz CT molecular complexity index is 553. The highest BCUT2D eigenvalue weighted by Gasteiger charge is 2.12. The summed E-state index contributed by atoms with van der Waals surface area (Å²) in [6.07, 6.45) is 6.97. The van der Waals surface area contributed by atoms with Crippen LogP contribution in [0, 0.1) is 0 Å². The molecule has 0 radical (unpaired) electrons. The van der Waals surface area contributed by atoms with Gasteiger partial charge in [-0.25, -0.2) is 0 Å². The van der Waals surface area contributed by atoms with E-state index in [2.05, 4.69) is 35.7 Å². The van der Waals surface area contributed by atoms with Crippen molar-refractivity contribution in [1.82, 2.24) is 0 Å². The molecule has 1 aliphatic carbocycles. The van der Waals surface area contributed by atoms with Gasteiger partial charge in [-0.1, -0.05) is 29.8 Å². The van der Waals surface area contributed by atoms with Crippen molar-refractivity contribution in [3.8, 4) is 0 Å².